The number of ether oxygens (including phenoxy) is 1. The van der Waals surface area contributed by atoms with Crippen molar-refractivity contribution >= 4 is 51.9 Å². The van der Waals surface area contributed by atoms with Crippen molar-refractivity contribution in [3.8, 4) is 5.75 Å². The number of benzene rings is 2. The van der Waals surface area contributed by atoms with E-state index in [1.165, 1.54) is 4.90 Å². The highest BCUT2D eigenvalue weighted by atomic mass is 32.2. The largest absolute Gasteiger partial charge is 0.497 e. The second-order valence-corrected chi connectivity index (χ2v) is 8.97. The van der Waals surface area contributed by atoms with E-state index >= 15 is 0 Å². The lowest BCUT2D eigenvalue weighted by Crippen LogP contribution is -2.42. The summed E-state index contributed by atoms with van der Waals surface area (Å²) in [4.78, 5) is 48.8. The number of nitrogens with zero attached hydrogens (tertiary/aromatic N) is 3. The first-order chi connectivity index (χ1) is 17.0. The molecular weight excluding hydrogens is 466 g/mol. The van der Waals surface area contributed by atoms with E-state index in [0.717, 1.165) is 30.2 Å². The highest BCUT2D eigenvalue weighted by molar-refractivity contribution is 8.14. The number of hydrogen-bond donors (Lipinski definition) is 2. The summed E-state index contributed by atoms with van der Waals surface area (Å²) >= 11 is 1.15. The predicted octanol–water partition coefficient (Wildman–Crippen LogP) is 3.33. The summed E-state index contributed by atoms with van der Waals surface area (Å²) in [5.74, 6) is 0.358. The zero-order valence-corrected chi connectivity index (χ0v) is 20.4. The monoisotopic (exact) mass is 493 g/mol. The van der Waals surface area contributed by atoms with Crippen LogP contribution in [0.2, 0.25) is 0 Å². The fraction of sp³-hybridized carbons (Fsp3) is 0.320. The molecule has 0 fully saturated rings. The second kappa shape index (κ2) is 11.2. The number of anilines is 1. The van der Waals surface area contributed by atoms with Crippen LogP contribution < -0.4 is 15.4 Å². The van der Waals surface area contributed by atoms with Gasteiger partial charge in [-0.1, -0.05) is 43.3 Å². The number of rotatable bonds is 9. The number of carbonyl (C=O) groups excluding carboxylic acids is 3. The molecule has 2 aromatic carbocycles. The summed E-state index contributed by atoms with van der Waals surface area (Å²) in [7, 11) is 1.56. The molecular formula is C25H27N5O4S. The number of aliphatic imine (C=N–C) groups is 2. The number of nitrogens with one attached hydrogen (secondary N) is 2. The summed E-state index contributed by atoms with van der Waals surface area (Å²) in [6.07, 6.45) is 1.82. The summed E-state index contributed by atoms with van der Waals surface area (Å²) in [5.41, 5.74) is 2.00. The molecule has 9 nitrogen and oxygen atoms in total. The van der Waals surface area contributed by atoms with Crippen LogP contribution in [0.3, 0.4) is 0 Å². The number of methoxy groups -OCH3 is 1. The molecule has 2 heterocycles. The van der Waals surface area contributed by atoms with E-state index in [1.807, 2.05) is 31.2 Å². The smallest absolute Gasteiger partial charge is 0.259 e. The van der Waals surface area contributed by atoms with Crippen LogP contribution in [0.15, 0.2) is 58.5 Å². The molecule has 1 atom stereocenters. The van der Waals surface area contributed by atoms with Crippen LogP contribution in [-0.4, -0.2) is 59.1 Å². The minimum absolute atomic E-state index is 0.0288. The maximum Gasteiger partial charge on any atom is 0.259 e. The van der Waals surface area contributed by atoms with Crippen LogP contribution in [0.25, 0.3) is 0 Å². The number of carbonyl (C=O) groups is 3. The molecule has 0 saturated carbocycles. The molecule has 0 aromatic heterocycles. The molecule has 0 radical (unpaired) electrons. The molecule has 4 rings (SSSR count). The Morgan fingerprint density at radius 2 is 1.97 bits per heavy atom. The highest BCUT2D eigenvalue weighted by Gasteiger charge is 2.42. The zero-order chi connectivity index (χ0) is 24.8. The van der Waals surface area contributed by atoms with E-state index in [2.05, 4.69) is 20.6 Å². The van der Waals surface area contributed by atoms with Crippen LogP contribution in [0.1, 0.15) is 31.7 Å². The van der Waals surface area contributed by atoms with Gasteiger partial charge in [0.1, 0.15) is 17.6 Å². The molecule has 3 amide bonds. The number of hydrogen-bond acceptors (Lipinski definition) is 7. The van der Waals surface area contributed by atoms with E-state index in [4.69, 9.17) is 4.74 Å². The summed E-state index contributed by atoms with van der Waals surface area (Å²) in [6, 6.07) is 13.6. The summed E-state index contributed by atoms with van der Waals surface area (Å²) in [6.45, 7) is 2.62. The third-order valence-electron chi connectivity index (χ3n) is 5.46. The van der Waals surface area contributed by atoms with Gasteiger partial charge in [0.15, 0.2) is 5.17 Å². The lowest BCUT2D eigenvalue weighted by molar-refractivity contribution is -0.128. The third kappa shape index (κ3) is 5.71. The highest BCUT2D eigenvalue weighted by Crippen LogP contribution is 2.34. The Labute approximate surface area is 208 Å². The number of para-hydroxylation sites is 1. The van der Waals surface area contributed by atoms with Crippen molar-refractivity contribution < 1.29 is 19.1 Å². The Morgan fingerprint density at radius 1 is 1.14 bits per heavy atom. The Hall–Kier alpha value is -3.66. The van der Waals surface area contributed by atoms with E-state index in [0.29, 0.717) is 34.7 Å². The van der Waals surface area contributed by atoms with E-state index in [1.54, 1.807) is 31.4 Å². The first-order valence-electron chi connectivity index (χ1n) is 11.4. The molecule has 2 N–H and O–H groups in total. The van der Waals surface area contributed by atoms with Crippen LogP contribution >= 0.6 is 11.8 Å². The van der Waals surface area contributed by atoms with Crippen molar-refractivity contribution in [1.82, 2.24) is 10.2 Å². The molecule has 2 aliphatic heterocycles. The predicted molar refractivity (Wildman–Crippen MR) is 137 cm³/mol. The number of thioether (sulfide) groups is 1. The van der Waals surface area contributed by atoms with Gasteiger partial charge in [-0.2, -0.15) is 0 Å². The zero-order valence-electron chi connectivity index (χ0n) is 19.6. The van der Waals surface area contributed by atoms with E-state index in [-0.39, 0.29) is 29.9 Å². The first-order valence-corrected chi connectivity index (χ1v) is 12.4. The maximum atomic E-state index is 13.3. The SMILES string of the molecule is CCCCNC(=O)C[C@@H]1N=C2c3ccccc3N=C(SCC(=O)Nc3cccc(OC)c3)N2C1=O. The van der Waals surface area contributed by atoms with Gasteiger partial charge < -0.3 is 15.4 Å². The average molecular weight is 494 g/mol. The number of fused-ring (bicyclic) bond motifs is 3. The van der Waals surface area contributed by atoms with Gasteiger partial charge in [0, 0.05) is 23.9 Å². The fourth-order valence-corrected chi connectivity index (χ4v) is 4.51. The number of unbranched alkanes of at least 4 members (excludes halogenated alkanes) is 1. The maximum absolute atomic E-state index is 13.3. The van der Waals surface area contributed by atoms with Crippen molar-refractivity contribution in [2.45, 2.75) is 32.2 Å². The third-order valence-corrected chi connectivity index (χ3v) is 6.40. The van der Waals surface area contributed by atoms with Gasteiger partial charge in [0.25, 0.3) is 5.91 Å². The topological polar surface area (TPSA) is 112 Å². The van der Waals surface area contributed by atoms with Gasteiger partial charge >= 0.3 is 0 Å². The van der Waals surface area contributed by atoms with Crippen molar-refractivity contribution in [3.05, 3.63) is 54.1 Å². The van der Waals surface area contributed by atoms with Crippen molar-refractivity contribution in [2.24, 2.45) is 9.98 Å². The Bertz CT molecular complexity index is 1200. The Kier molecular flexibility index (Phi) is 7.81. The lowest BCUT2D eigenvalue weighted by Gasteiger charge is -2.25. The number of amidine groups is 2. The standard InChI is InChI=1S/C25H27N5O4S/c1-3-4-12-26-21(31)14-20-24(33)30-23(28-20)18-10-5-6-11-19(18)29-25(30)35-15-22(32)27-16-8-7-9-17(13-16)34-2/h5-11,13,20H,3-4,12,14-15H2,1-2H3,(H,26,31)(H,27,32)/t20-/m0/s1. The van der Waals surface area contributed by atoms with Crippen molar-refractivity contribution in [1.29, 1.82) is 0 Å². The van der Waals surface area contributed by atoms with Gasteiger partial charge in [-0.15, -0.1) is 0 Å². The molecule has 182 valence electrons. The lowest BCUT2D eigenvalue weighted by atomic mass is 10.1. The quantitative estimate of drug-likeness (QED) is 0.521. The normalized spacial score (nSPS) is 16.1. The van der Waals surface area contributed by atoms with Gasteiger partial charge in [0.05, 0.1) is 25.0 Å². The molecule has 0 unspecified atom stereocenters. The molecule has 10 heteroatoms. The van der Waals surface area contributed by atoms with Gasteiger partial charge in [-0.3, -0.25) is 19.4 Å². The molecule has 0 aliphatic carbocycles. The van der Waals surface area contributed by atoms with Crippen LogP contribution in [0.5, 0.6) is 5.75 Å². The van der Waals surface area contributed by atoms with Crippen molar-refractivity contribution in [2.75, 3.05) is 24.7 Å². The average Bonchev–Trinajstić information content (AvgIpc) is 3.19. The second-order valence-electron chi connectivity index (χ2n) is 8.03. The summed E-state index contributed by atoms with van der Waals surface area (Å²) in [5, 5.41) is 6.03. The molecule has 0 saturated heterocycles. The molecule has 35 heavy (non-hydrogen) atoms. The Balaban J connectivity index is 1.48. The fourth-order valence-electron chi connectivity index (χ4n) is 3.71. The van der Waals surface area contributed by atoms with Gasteiger partial charge in [-0.25, -0.2) is 9.89 Å². The molecule has 2 aromatic rings. The van der Waals surface area contributed by atoms with Crippen LogP contribution in [0, 0.1) is 0 Å². The molecule has 0 bridgehead atoms. The first kappa shape index (κ1) is 24.5. The summed E-state index contributed by atoms with van der Waals surface area (Å²) < 4.78 is 5.19. The van der Waals surface area contributed by atoms with Crippen LogP contribution in [0.4, 0.5) is 11.4 Å². The van der Waals surface area contributed by atoms with E-state index in [9.17, 15) is 14.4 Å². The minimum Gasteiger partial charge on any atom is -0.497 e. The van der Waals surface area contributed by atoms with Crippen LogP contribution in [-0.2, 0) is 14.4 Å². The van der Waals surface area contributed by atoms with Gasteiger partial charge in [-0.05, 0) is 30.7 Å². The Morgan fingerprint density at radius 3 is 2.77 bits per heavy atom. The molecule has 2 aliphatic rings. The molecule has 0 spiro atoms. The van der Waals surface area contributed by atoms with Crippen molar-refractivity contribution in [3.63, 3.8) is 0 Å². The number of amides is 3. The minimum atomic E-state index is -0.825. The van der Waals surface area contributed by atoms with Gasteiger partial charge in [0.2, 0.25) is 11.8 Å². The van der Waals surface area contributed by atoms with E-state index < -0.39 is 6.04 Å².